The summed E-state index contributed by atoms with van der Waals surface area (Å²) in [5.74, 6) is 0.483. The van der Waals surface area contributed by atoms with Crippen LogP contribution in [0.1, 0.15) is 109 Å². The molecular weight excluding hydrogens is 530 g/mol. The molecule has 4 aliphatic rings. The van der Waals surface area contributed by atoms with Crippen LogP contribution in [0.5, 0.6) is 0 Å². The van der Waals surface area contributed by atoms with Crippen molar-refractivity contribution in [3.05, 3.63) is 40.9 Å². The molecule has 2 amide bonds. The number of nitrogens with zero attached hydrogens (tertiary/aromatic N) is 4. The molecule has 1 spiro atoms. The van der Waals surface area contributed by atoms with E-state index < -0.39 is 0 Å². The molecule has 1 aromatic heterocycles. The van der Waals surface area contributed by atoms with E-state index in [4.69, 9.17) is 15.5 Å². The van der Waals surface area contributed by atoms with Crippen LogP contribution < -0.4 is 5.73 Å². The van der Waals surface area contributed by atoms with Gasteiger partial charge in [-0.1, -0.05) is 13.0 Å². The van der Waals surface area contributed by atoms with Gasteiger partial charge in [0, 0.05) is 24.9 Å². The lowest BCUT2D eigenvalue weighted by atomic mass is 9.65. The highest BCUT2D eigenvalue weighted by Gasteiger charge is 2.50. The van der Waals surface area contributed by atoms with Gasteiger partial charge in [0.05, 0.1) is 28.1 Å². The number of aryl methyl sites for hydroxylation is 1. The number of rotatable bonds is 11. The van der Waals surface area contributed by atoms with E-state index in [2.05, 4.69) is 29.3 Å². The maximum absolute atomic E-state index is 13.6. The van der Waals surface area contributed by atoms with E-state index >= 15 is 0 Å². The molecule has 226 valence electrons. The lowest BCUT2D eigenvalue weighted by Crippen LogP contribution is -2.38. The Morgan fingerprint density at radius 2 is 1.95 bits per heavy atom. The fourth-order valence-corrected chi connectivity index (χ4v) is 7.33. The second kappa shape index (κ2) is 13.3. The third-order valence-electron chi connectivity index (χ3n) is 10.1. The van der Waals surface area contributed by atoms with Gasteiger partial charge in [-0.3, -0.25) is 14.6 Å². The predicted molar refractivity (Wildman–Crippen MR) is 162 cm³/mol. The molecule has 42 heavy (non-hydrogen) atoms. The Labute approximate surface area is 249 Å². The minimum atomic E-state index is -0.331. The molecule has 9 nitrogen and oxygen atoms in total. The average molecular weight is 576 g/mol. The van der Waals surface area contributed by atoms with Crippen LogP contribution in [0.2, 0.25) is 0 Å². The van der Waals surface area contributed by atoms with Crippen molar-refractivity contribution in [3.8, 4) is 0 Å². The van der Waals surface area contributed by atoms with Crippen molar-refractivity contribution in [1.29, 1.82) is 0 Å². The van der Waals surface area contributed by atoms with E-state index in [0.717, 1.165) is 106 Å². The molecular formula is C33H45N5O4. The third kappa shape index (κ3) is 6.65. The molecule has 2 fully saturated rings. The molecule has 0 radical (unpaired) electrons. The Morgan fingerprint density at radius 1 is 1.14 bits per heavy atom. The topological polar surface area (TPSA) is 127 Å². The van der Waals surface area contributed by atoms with Gasteiger partial charge in [-0.15, -0.1) is 0 Å². The number of pyridine rings is 1. The van der Waals surface area contributed by atoms with Crippen LogP contribution in [0, 0.1) is 17.3 Å². The number of amides is 2. The molecule has 1 aliphatic carbocycles. The second-order valence-corrected chi connectivity index (χ2v) is 12.6. The molecule has 0 bridgehead atoms. The van der Waals surface area contributed by atoms with E-state index in [1.807, 2.05) is 11.1 Å². The van der Waals surface area contributed by atoms with Crippen molar-refractivity contribution >= 4 is 29.2 Å². The van der Waals surface area contributed by atoms with Crippen LogP contribution in [0.25, 0.3) is 0 Å². The standard InChI is InChI=1S/C33H45N5O4/c1-3-26-8-5-9-28(37-36-26)27-12-10-23(20-35-27)6-4-7-24(11-13-30(34)39)25-14-16-33(17-15-25)18-19-38(32(33)41)29-21-42-31(40)22(29)2/h10,12,20,24-25H,3-9,11,13-19,21H2,1-2H3,(H2,34,39). The first-order valence-electron chi connectivity index (χ1n) is 15.8. The van der Waals surface area contributed by atoms with Gasteiger partial charge in [0.2, 0.25) is 11.8 Å². The molecule has 1 aromatic rings. The van der Waals surface area contributed by atoms with E-state index in [-0.39, 0.29) is 29.8 Å². The van der Waals surface area contributed by atoms with Crippen LogP contribution in [-0.2, 0) is 25.5 Å². The maximum Gasteiger partial charge on any atom is 0.336 e. The second-order valence-electron chi connectivity index (χ2n) is 12.6. The number of ether oxygens (including phenoxy) is 1. The number of aromatic nitrogens is 1. The highest BCUT2D eigenvalue weighted by atomic mass is 16.5. The average Bonchev–Trinajstić information content (AvgIpc) is 3.36. The summed E-state index contributed by atoms with van der Waals surface area (Å²) in [5, 5.41) is 8.88. The summed E-state index contributed by atoms with van der Waals surface area (Å²) in [6.07, 6.45) is 14.6. The lowest BCUT2D eigenvalue weighted by Gasteiger charge is -2.39. The van der Waals surface area contributed by atoms with Gasteiger partial charge >= 0.3 is 5.97 Å². The number of hydrogen-bond donors (Lipinski definition) is 1. The summed E-state index contributed by atoms with van der Waals surface area (Å²) in [6.45, 7) is 4.73. The largest absolute Gasteiger partial charge is 0.456 e. The zero-order valence-corrected chi connectivity index (χ0v) is 25.2. The first-order valence-corrected chi connectivity index (χ1v) is 15.8. The lowest BCUT2D eigenvalue weighted by molar-refractivity contribution is -0.138. The Bertz CT molecular complexity index is 1270. The number of carbonyl (C=O) groups is 3. The van der Waals surface area contributed by atoms with Crippen LogP contribution in [0.4, 0.5) is 0 Å². The molecule has 1 saturated carbocycles. The zero-order chi connectivity index (χ0) is 29.7. The number of hydrogen-bond acceptors (Lipinski definition) is 7. The van der Waals surface area contributed by atoms with Gasteiger partial charge in [-0.05, 0) is 114 Å². The maximum atomic E-state index is 13.6. The minimum Gasteiger partial charge on any atom is -0.456 e. The molecule has 1 saturated heterocycles. The number of nitrogens with two attached hydrogens (primary N) is 1. The van der Waals surface area contributed by atoms with Crippen LogP contribution >= 0.6 is 0 Å². The predicted octanol–water partition coefficient (Wildman–Crippen LogP) is 5.26. The van der Waals surface area contributed by atoms with Crippen molar-refractivity contribution in [2.45, 2.75) is 104 Å². The summed E-state index contributed by atoms with van der Waals surface area (Å²) in [4.78, 5) is 43.6. The monoisotopic (exact) mass is 575 g/mol. The highest BCUT2D eigenvalue weighted by Crippen LogP contribution is 2.50. The molecule has 1 unspecified atom stereocenters. The summed E-state index contributed by atoms with van der Waals surface area (Å²) in [7, 11) is 0. The van der Waals surface area contributed by atoms with Crippen molar-refractivity contribution in [3.63, 3.8) is 0 Å². The SMILES string of the molecule is CCC1=NN=C(c2ccc(CCCC(CCC(N)=O)C3CCC4(CC3)CCN(C3=C(C)C(=O)OC3)C4=O)cn2)CCC1. The molecule has 9 heteroatoms. The van der Waals surface area contributed by atoms with Crippen molar-refractivity contribution in [2.24, 2.45) is 33.2 Å². The highest BCUT2D eigenvalue weighted by molar-refractivity contribution is 6.00. The third-order valence-corrected chi connectivity index (χ3v) is 10.1. The first-order chi connectivity index (χ1) is 20.3. The van der Waals surface area contributed by atoms with Crippen molar-refractivity contribution < 1.29 is 19.1 Å². The van der Waals surface area contributed by atoms with E-state index in [1.165, 1.54) is 5.56 Å². The minimum absolute atomic E-state index is 0.158. The number of primary amides is 1. The fraction of sp³-hybridized carbons (Fsp3) is 0.636. The summed E-state index contributed by atoms with van der Waals surface area (Å²) < 4.78 is 5.17. The summed E-state index contributed by atoms with van der Waals surface area (Å²) in [5.41, 5.74) is 10.8. The van der Waals surface area contributed by atoms with Gasteiger partial charge in [0.1, 0.15) is 6.61 Å². The van der Waals surface area contributed by atoms with Gasteiger partial charge in [0.15, 0.2) is 0 Å². The molecule has 4 heterocycles. The molecule has 3 aliphatic heterocycles. The first kappa shape index (κ1) is 30.1. The quantitative estimate of drug-likeness (QED) is 0.360. The van der Waals surface area contributed by atoms with E-state index in [0.29, 0.717) is 30.4 Å². The Kier molecular flexibility index (Phi) is 9.53. The molecule has 1 atom stereocenters. The Hall–Kier alpha value is -3.36. The van der Waals surface area contributed by atoms with Gasteiger partial charge in [0.25, 0.3) is 0 Å². The molecule has 0 aromatic carbocycles. The molecule has 2 N–H and O–H groups in total. The number of likely N-dealkylation sites (tertiary alicyclic amines) is 1. The van der Waals surface area contributed by atoms with Crippen LogP contribution in [-0.4, -0.2) is 52.2 Å². The Morgan fingerprint density at radius 3 is 2.62 bits per heavy atom. The van der Waals surface area contributed by atoms with Crippen molar-refractivity contribution in [2.75, 3.05) is 13.2 Å². The smallest absolute Gasteiger partial charge is 0.336 e. The Balaban J connectivity index is 1.15. The van der Waals surface area contributed by atoms with E-state index in [9.17, 15) is 14.4 Å². The zero-order valence-electron chi connectivity index (χ0n) is 25.2. The van der Waals surface area contributed by atoms with Crippen LogP contribution in [0.3, 0.4) is 0 Å². The van der Waals surface area contributed by atoms with Gasteiger partial charge < -0.3 is 15.4 Å². The van der Waals surface area contributed by atoms with Crippen LogP contribution in [0.15, 0.2) is 39.8 Å². The summed E-state index contributed by atoms with van der Waals surface area (Å²) >= 11 is 0. The summed E-state index contributed by atoms with van der Waals surface area (Å²) in [6, 6.07) is 4.22. The van der Waals surface area contributed by atoms with Gasteiger partial charge in [-0.2, -0.15) is 10.2 Å². The number of esters is 1. The van der Waals surface area contributed by atoms with Crippen molar-refractivity contribution in [1.82, 2.24) is 9.88 Å². The normalized spacial score (nSPS) is 25.4. The fourth-order valence-electron chi connectivity index (χ4n) is 7.33. The number of carbonyl (C=O) groups excluding carboxylic acids is 3. The number of cyclic esters (lactones) is 1. The van der Waals surface area contributed by atoms with Gasteiger partial charge in [-0.25, -0.2) is 4.79 Å². The molecule has 5 rings (SSSR count). The van der Waals surface area contributed by atoms with E-state index in [1.54, 1.807) is 6.92 Å².